The largest absolute Gasteiger partial charge is 0.356 e. The number of halogens is 1. The van der Waals surface area contributed by atoms with Crippen molar-refractivity contribution in [3.63, 3.8) is 0 Å². The smallest absolute Gasteiger partial charge is 0.191 e. The summed E-state index contributed by atoms with van der Waals surface area (Å²) in [5.41, 5.74) is 1.41. The van der Waals surface area contributed by atoms with E-state index in [1.165, 1.54) is 44.1 Å². The molecule has 0 bridgehead atoms. The van der Waals surface area contributed by atoms with Crippen LogP contribution in [0.15, 0.2) is 35.3 Å². The second-order valence-electron chi connectivity index (χ2n) is 6.74. The molecule has 0 saturated carbocycles. The number of nitrogens with one attached hydrogen (secondary N) is 2. The molecule has 25 heavy (non-hydrogen) atoms. The SMILES string of the molecule is CCCCCCNC(=NC)NC1CCN(Cc2ccccc2)CC1.I. The van der Waals surface area contributed by atoms with Gasteiger partial charge in [0.25, 0.3) is 0 Å². The molecule has 1 aromatic rings. The maximum absolute atomic E-state index is 4.37. The molecule has 0 radical (unpaired) electrons. The van der Waals surface area contributed by atoms with Gasteiger partial charge in [-0.05, 0) is 24.8 Å². The lowest BCUT2D eigenvalue weighted by Crippen LogP contribution is -2.48. The van der Waals surface area contributed by atoms with E-state index in [0.29, 0.717) is 6.04 Å². The van der Waals surface area contributed by atoms with Crippen molar-refractivity contribution in [2.45, 2.75) is 58.0 Å². The van der Waals surface area contributed by atoms with E-state index in [9.17, 15) is 0 Å². The van der Waals surface area contributed by atoms with Crippen LogP contribution >= 0.6 is 24.0 Å². The predicted molar refractivity (Wildman–Crippen MR) is 119 cm³/mol. The Labute approximate surface area is 170 Å². The van der Waals surface area contributed by atoms with Crippen molar-refractivity contribution in [1.82, 2.24) is 15.5 Å². The van der Waals surface area contributed by atoms with Gasteiger partial charge in [0.15, 0.2) is 5.96 Å². The van der Waals surface area contributed by atoms with Gasteiger partial charge in [-0.15, -0.1) is 24.0 Å². The van der Waals surface area contributed by atoms with Crippen LogP contribution in [0.2, 0.25) is 0 Å². The molecule has 1 aliphatic rings. The summed E-state index contributed by atoms with van der Waals surface area (Å²) >= 11 is 0. The molecule has 1 saturated heterocycles. The van der Waals surface area contributed by atoms with Crippen molar-refractivity contribution in [1.29, 1.82) is 0 Å². The lowest BCUT2D eigenvalue weighted by molar-refractivity contribution is 0.198. The highest BCUT2D eigenvalue weighted by Gasteiger charge is 2.19. The van der Waals surface area contributed by atoms with Crippen LogP contribution in [-0.4, -0.2) is 43.6 Å². The van der Waals surface area contributed by atoms with Gasteiger partial charge < -0.3 is 10.6 Å². The van der Waals surface area contributed by atoms with Gasteiger partial charge in [-0.1, -0.05) is 56.5 Å². The summed E-state index contributed by atoms with van der Waals surface area (Å²) in [4.78, 5) is 6.92. The Kier molecular flexibility index (Phi) is 11.9. The maximum atomic E-state index is 4.37. The summed E-state index contributed by atoms with van der Waals surface area (Å²) in [6.07, 6.45) is 7.51. The van der Waals surface area contributed by atoms with E-state index in [2.05, 4.69) is 57.8 Å². The first-order valence-corrected chi connectivity index (χ1v) is 9.55. The highest BCUT2D eigenvalue weighted by molar-refractivity contribution is 14.0. The molecule has 1 aliphatic heterocycles. The average molecular weight is 458 g/mol. The number of unbranched alkanes of at least 4 members (excludes halogenated alkanes) is 3. The van der Waals surface area contributed by atoms with Gasteiger partial charge in [0.2, 0.25) is 0 Å². The van der Waals surface area contributed by atoms with Gasteiger partial charge in [0.1, 0.15) is 0 Å². The molecular weight excluding hydrogens is 423 g/mol. The first-order valence-electron chi connectivity index (χ1n) is 9.55. The van der Waals surface area contributed by atoms with Crippen molar-refractivity contribution >= 4 is 29.9 Å². The Morgan fingerprint density at radius 1 is 1.12 bits per heavy atom. The first-order chi connectivity index (χ1) is 11.8. The Bertz CT molecular complexity index is 470. The number of rotatable bonds is 8. The van der Waals surface area contributed by atoms with Crippen LogP contribution in [0.1, 0.15) is 51.0 Å². The van der Waals surface area contributed by atoms with E-state index < -0.39 is 0 Å². The van der Waals surface area contributed by atoms with Crippen molar-refractivity contribution in [3.05, 3.63) is 35.9 Å². The van der Waals surface area contributed by atoms with Crippen LogP contribution < -0.4 is 10.6 Å². The van der Waals surface area contributed by atoms with Gasteiger partial charge in [0.05, 0.1) is 0 Å². The number of piperidine rings is 1. The lowest BCUT2D eigenvalue weighted by atomic mass is 10.0. The summed E-state index contributed by atoms with van der Waals surface area (Å²) < 4.78 is 0. The van der Waals surface area contributed by atoms with Crippen molar-refractivity contribution in [2.75, 3.05) is 26.7 Å². The molecule has 0 amide bonds. The van der Waals surface area contributed by atoms with Crippen LogP contribution in [0.3, 0.4) is 0 Å². The summed E-state index contributed by atoms with van der Waals surface area (Å²) in [7, 11) is 1.87. The minimum absolute atomic E-state index is 0. The lowest BCUT2D eigenvalue weighted by Gasteiger charge is -2.33. The van der Waals surface area contributed by atoms with E-state index in [4.69, 9.17) is 0 Å². The van der Waals surface area contributed by atoms with Gasteiger partial charge in [-0.25, -0.2) is 0 Å². The average Bonchev–Trinajstić information content (AvgIpc) is 2.63. The van der Waals surface area contributed by atoms with Gasteiger partial charge in [0, 0.05) is 39.3 Å². The Hall–Kier alpha value is -0.820. The van der Waals surface area contributed by atoms with Crippen LogP contribution in [0.25, 0.3) is 0 Å². The molecular formula is C20H35IN4. The Morgan fingerprint density at radius 2 is 1.84 bits per heavy atom. The fourth-order valence-corrected chi connectivity index (χ4v) is 3.22. The van der Waals surface area contributed by atoms with Crippen LogP contribution in [0.5, 0.6) is 0 Å². The minimum atomic E-state index is 0. The molecule has 4 nitrogen and oxygen atoms in total. The van der Waals surface area contributed by atoms with E-state index in [0.717, 1.165) is 32.1 Å². The maximum Gasteiger partial charge on any atom is 0.191 e. The molecule has 2 rings (SSSR count). The predicted octanol–water partition coefficient (Wildman–Crippen LogP) is 4.01. The van der Waals surface area contributed by atoms with Crippen LogP contribution in [0.4, 0.5) is 0 Å². The highest BCUT2D eigenvalue weighted by atomic mass is 127. The summed E-state index contributed by atoms with van der Waals surface area (Å²) in [5, 5.41) is 7.05. The van der Waals surface area contributed by atoms with E-state index in [-0.39, 0.29) is 24.0 Å². The molecule has 142 valence electrons. The second-order valence-corrected chi connectivity index (χ2v) is 6.74. The topological polar surface area (TPSA) is 39.7 Å². The van der Waals surface area contributed by atoms with Crippen molar-refractivity contribution < 1.29 is 0 Å². The number of likely N-dealkylation sites (tertiary alicyclic amines) is 1. The fourth-order valence-electron chi connectivity index (χ4n) is 3.22. The standard InChI is InChI=1S/C20H34N4.HI/c1-3-4-5-9-14-22-20(21-2)23-19-12-15-24(16-13-19)17-18-10-7-6-8-11-18;/h6-8,10-11,19H,3-5,9,12-17H2,1-2H3,(H2,21,22,23);1H. The number of hydrogen-bond donors (Lipinski definition) is 2. The van der Waals surface area contributed by atoms with E-state index in [1.54, 1.807) is 0 Å². The first kappa shape index (κ1) is 22.2. The normalized spacial score (nSPS) is 16.3. The Morgan fingerprint density at radius 3 is 2.48 bits per heavy atom. The fraction of sp³-hybridized carbons (Fsp3) is 0.650. The van der Waals surface area contributed by atoms with Crippen molar-refractivity contribution in [3.8, 4) is 0 Å². The molecule has 1 aromatic carbocycles. The molecule has 0 unspecified atom stereocenters. The number of nitrogens with zero attached hydrogens (tertiary/aromatic N) is 2. The molecule has 1 heterocycles. The number of aliphatic imine (C=N–C) groups is 1. The van der Waals surface area contributed by atoms with Gasteiger partial charge in [-0.2, -0.15) is 0 Å². The molecule has 2 N–H and O–H groups in total. The second kappa shape index (κ2) is 13.4. The zero-order valence-electron chi connectivity index (χ0n) is 15.8. The Balaban J connectivity index is 0.00000312. The van der Waals surface area contributed by atoms with Crippen molar-refractivity contribution in [2.24, 2.45) is 4.99 Å². The molecule has 0 aliphatic carbocycles. The number of guanidine groups is 1. The molecule has 1 fully saturated rings. The van der Waals surface area contributed by atoms with Crippen LogP contribution in [0, 0.1) is 0 Å². The highest BCUT2D eigenvalue weighted by Crippen LogP contribution is 2.13. The molecule has 0 atom stereocenters. The third-order valence-corrected chi connectivity index (χ3v) is 4.72. The number of benzene rings is 1. The third-order valence-electron chi connectivity index (χ3n) is 4.72. The molecule has 0 spiro atoms. The zero-order chi connectivity index (χ0) is 17.0. The van der Waals surface area contributed by atoms with E-state index in [1.807, 2.05) is 7.05 Å². The van der Waals surface area contributed by atoms with Gasteiger partial charge in [-0.3, -0.25) is 9.89 Å². The van der Waals surface area contributed by atoms with Crippen LogP contribution in [-0.2, 0) is 6.54 Å². The van der Waals surface area contributed by atoms with E-state index >= 15 is 0 Å². The molecule has 5 heteroatoms. The summed E-state index contributed by atoms with van der Waals surface area (Å²) in [6, 6.07) is 11.3. The molecule has 0 aromatic heterocycles. The summed E-state index contributed by atoms with van der Waals surface area (Å²) in [5.74, 6) is 0.966. The third kappa shape index (κ3) is 8.90. The zero-order valence-corrected chi connectivity index (χ0v) is 18.2. The number of hydrogen-bond acceptors (Lipinski definition) is 2. The summed E-state index contributed by atoms with van der Waals surface area (Å²) in [6.45, 7) is 6.64. The quantitative estimate of drug-likeness (QED) is 0.268. The monoisotopic (exact) mass is 458 g/mol. The van der Waals surface area contributed by atoms with Gasteiger partial charge >= 0.3 is 0 Å². The minimum Gasteiger partial charge on any atom is -0.356 e.